The molecular weight excluding hydrogens is 284 g/mol. The molecule has 0 radical (unpaired) electrons. The number of hydrogen-bond acceptors (Lipinski definition) is 3. The van der Waals surface area contributed by atoms with Gasteiger partial charge in [0.05, 0.1) is 11.3 Å². The summed E-state index contributed by atoms with van der Waals surface area (Å²) in [6.45, 7) is 8.14. The molecule has 0 saturated carbocycles. The van der Waals surface area contributed by atoms with Gasteiger partial charge < -0.3 is 5.32 Å². The van der Waals surface area contributed by atoms with E-state index in [1.807, 2.05) is 26.0 Å². The summed E-state index contributed by atoms with van der Waals surface area (Å²) < 4.78 is 0. The number of rotatable bonds is 2. The van der Waals surface area contributed by atoms with E-state index < -0.39 is 0 Å². The van der Waals surface area contributed by atoms with Crippen molar-refractivity contribution in [2.45, 2.75) is 40.5 Å². The van der Waals surface area contributed by atoms with Crippen LogP contribution in [0.15, 0.2) is 23.9 Å². The number of nitriles is 1. The number of anilines is 1. The van der Waals surface area contributed by atoms with Crippen molar-refractivity contribution in [3.05, 3.63) is 40.6 Å². The summed E-state index contributed by atoms with van der Waals surface area (Å²) in [5.74, 6) is 0.145. The minimum atomic E-state index is -0.0282. The predicted octanol–water partition coefficient (Wildman–Crippen LogP) is 4.28. The minimum absolute atomic E-state index is 0. The lowest BCUT2D eigenvalue weighted by Crippen LogP contribution is -2.24. The average Bonchev–Trinajstić information content (AvgIpc) is 2.29. The standard InChI is InChI=1S/C17H20N2O.ClH/c1-11-5-12(2)16(13(6-11)10-18)19-14-7-15(20)9-17(3,4)8-14;/h5-7,19H,8-9H2,1-4H3;1H. The number of ketones is 1. The van der Waals surface area contributed by atoms with Gasteiger partial charge in [-0.3, -0.25) is 4.79 Å². The Morgan fingerprint density at radius 3 is 2.48 bits per heavy atom. The zero-order valence-electron chi connectivity index (χ0n) is 12.9. The molecule has 0 unspecified atom stereocenters. The molecule has 0 aromatic heterocycles. The van der Waals surface area contributed by atoms with Crippen LogP contribution in [0.25, 0.3) is 0 Å². The van der Waals surface area contributed by atoms with Crippen molar-refractivity contribution in [3.63, 3.8) is 0 Å². The molecule has 0 spiro atoms. The molecule has 0 saturated heterocycles. The molecule has 1 aromatic carbocycles. The highest BCUT2D eigenvalue weighted by molar-refractivity contribution is 5.92. The summed E-state index contributed by atoms with van der Waals surface area (Å²) in [4.78, 5) is 11.8. The van der Waals surface area contributed by atoms with Gasteiger partial charge >= 0.3 is 0 Å². The van der Waals surface area contributed by atoms with E-state index in [4.69, 9.17) is 0 Å². The summed E-state index contributed by atoms with van der Waals surface area (Å²) in [5, 5.41) is 12.6. The van der Waals surface area contributed by atoms with Crippen molar-refractivity contribution in [1.82, 2.24) is 0 Å². The second-order valence-electron chi connectivity index (χ2n) is 6.39. The Balaban J connectivity index is 0.00000220. The van der Waals surface area contributed by atoms with E-state index in [-0.39, 0.29) is 23.6 Å². The van der Waals surface area contributed by atoms with Crippen molar-refractivity contribution in [2.75, 3.05) is 5.32 Å². The molecule has 1 aliphatic rings. The predicted molar refractivity (Wildman–Crippen MR) is 87.6 cm³/mol. The van der Waals surface area contributed by atoms with E-state index >= 15 is 0 Å². The molecule has 112 valence electrons. The number of allylic oxidation sites excluding steroid dienone is 2. The smallest absolute Gasteiger partial charge is 0.157 e. The molecule has 0 fully saturated rings. The molecule has 0 aliphatic heterocycles. The van der Waals surface area contributed by atoms with Gasteiger partial charge in [0.2, 0.25) is 0 Å². The average molecular weight is 305 g/mol. The molecule has 4 heteroatoms. The number of hydrogen-bond donors (Lipinski definition) is 1. The number of halogens is 1. The van der Waals surface area contributed by atoms with Gasteiger partial charge in [0, 0.05) is 18.2 Å². The van der Waals surface area contributed by atoms with Gasteiger partial charge in [-0.2, -0.15) is 5.26 Å². The summed E-state index contributed by atoms with van der Waals surface area (Å²) >= 11 is 0. The Morgan fingerprint density at radius 2 is 1.90 bits per heavy atom. The monoisotopic (exact) mass is 304 g/mol. The van der Waals surface area contributed by atoms with E-state index in [1.54, 1.807) is 6.08 Å². The fraction of sp³-hybridized carbons (Fsp3) is 0.412. The van der Waals surface area contributed by atoms with Crippen LogP contribution in [0.5, 0.6) is 0 Å². The van der Waals surface area contributed by atoms with Crippen molar-refractivity contribution >= 4 is 23.9 Å². The van der Waals surface area contributed by atoms with Gasteiger partial charge in [-0.1, -0.05) is 19.9 Å². The Bertz CT molecular complexity index is 639. The van der Waals surface area contributed by atoms with Crippen LogP contribution in [-0.4, -0.2) is 5.78 Å². The van der Waals surface area contributed by atoms with Crippen LogP contribution in [-0.2, 0) is 4.79 Å². The molecule has 21 heavy (non-hydrogen) atoms. The van der Waals surface area contributed by atoms with Gasteiger partial charge in [0.25, 0.3) is 0 Å². The topological polar surface area (TPSA) is 52.9 Å². The Morgan fingerprint density at radius 1 is 1.24 bits per heavy atom. The minimum Gasteiger partial charge on any atom is -0.357 e. The number of nitrogens with zero attached hydrogens (tertiary/aromatic N) is 1. The van der Waals surface area contributed by atoms with Crippen LogP contribution < -0.4 is 5.32 Å². The largest absolute Gasteiger partial charge is 0.357 e. The summed E-state index contributed by atoms with van der Waals surface area (Å²) in [7, 11) is 0. The highest BCUT2D eigenvalue weighted by Gasteiger charge is 2.27. The van der Waals surface area contributed by atoms with E-state index in [1.165, 1.54) is 0 Å². The fourth-order valence-electron chi connectivity index (χ4n) is 2.81. The van der Waals surface area contributed by atoms with Crippen molar-refractivity contribution in [2.24, 2.45) is 5.41 Å². The first-order chi connectivity index (χ1) is 9.30. The quantitative estimate of drug-likeness (QED) is 0.887. The maximum atomic E-state index is 11.8. The second kappa shape index (κ2) is 6.32. The highest BCUT2D eigenvalue weighted by Crippen LogP contribution is 2.35. The lowest BCUT2D eigenvalue weighted by Gasteiger charge is -2.29. The lowest BCUT2D eigenvalue weighted by molar-refractivity contribution is -0.117. The molecule has 1 aromatic rings. The lowest BCUT2D eigenvalue weighted by atomic mass is 9.79. The number of benzene rings is 1. The van der Waals surface area contributed by atoms with Crippen LogP contribution in [0.3, 0.4) is 0 Å². The third-order valence-corrected chi connectivity index (χ3v) is 3.54. The van der Waals surface area contributed by atoms with E-state index in [0.717, 1.165) is 28.9 Å². The van der Waals surface area contributed by atoms with Gasteiger partial charge in [0.1, 0.15) is 6.07 Å². The first kappa shape index (κ1) is 17.3. The molecule has 0 amide bonds. The Kier molecular flexibility index (Phi) is 5.20. The number of carbonyl (C=O) groups is 1. The molecular formula is C17H21ClN2O. The fourth-order valence-corrected chi connectivity index (χ4v) is 2.81. The van der Waals surface area contributed by atoms with E-state index in [0.29, 0.717) is 12.0 Å². The molecule has 2 rings (SSSR count). The summed E-state index contributed by atoms with van der Waals surface area (Å²) in [6, 6.07) is 6.13. The first-order valence-corrected chi connectivity index (χ1v) is 6.82. The summed E-state index contributed by atoms with van der Waals surface area (Å²) in [5.41, 5.74) is 4.40. The maximum Gasteiger partial charge on any atom is 0.157 e. The molecule has 1 N–H and O–H groups in total. The van der Waals surface area contributed by atoms with Gasteiger partial charge in [0.15, 0.2) is 5.78 Å². The van der Waals surface area contributed by atoms with Crippen molar-refractivity contribution < 1.29 is 4.79 Å². The maximum absolute atomic E-state index is 11.8. The van der Waals surface area contributed by atoms with Crippen molar-refractivity contribution in [1.29, 1.82) is 5.26 Å². The number of nitrogens with one attached hydrogen (secondary N) is 1. The van der Waals surface area contributed by atoms with Crippen LogP contribution in [0.4, 0.5) is 5.69 Å². The van der Waals surface area contributed by atoms with Gasteiger partial charge in [-0.05, 0) is 42.9 Å². The molecule has 0 atom stereocenters. The summed E-state index contributed by atoms with van der Waals surface area (Å²) in [6.07, 6.45) is 3.07. The molecule has 0 heterocycles. The van der Waals surface area contributed by atoms with Crippen LogP contribution in [0, 0.1) is 30.6 Å². The van der Waals surface area contributed by atoms with Gasteiger partial charge in [-0.25, -0.2) is 0 Å². The highest BCUT2D eigenvalue weighted by atomic mass is 35.5. The zero-order chi connectivity index (χ0) is 14.9. The van der Waals surface area contributed by atoms with E-state index in [2.05, 4.69) is 25.2 Å². The molecule has 3 nitrogen and oxygen atoms in total. The molecule has 1 aliphatic carbocycles. The van der Waals surface area contributed by atoms with Crippen LogP contribution in [0.1, 0.15) is 43.4 Å². The van der Waals surface area contributed by atoms with Crippen LogP contribution >= 0.6 is 12.4 Å². The third kappa shape index (κ3) is 4.09. The second-order valence-corrected chi connectivity index (χ2v) is 6.39. The van der Waals surface area contributed by atoms with Gasteiger partial charge in [-0.15, -0.1) is 12.4 Å². The third-order valence-electron chi connectivity index (χ3n) is 3.54. The Labute approximate surface area is 132 Å². The first-order valence-electron chi connectivity index (χ1n) is 6.82. The number of carbonyl (C=O) groups excluding carboxylic acids is 1. The zero-order valence-corrected chi connectivity index (χ0v) is 13.7. The number of aryl methyl sites for hydroxylation is 2. The van der Waals surface area contributed by atoms with Crippen LogP contribution in [0.2, 0.25) is 0 Å². The normalized spacial score (nSPS) is 16.5. The van der Waals surface area contributed by atoms with Crippen molar-refractivity contribution in [3.8, 4) is 6.07 Å². The Hall–Kier alpha value is -1.79. The SMILES string of the molecule is Cc1cc(C)c(NC2=CC(=O)CC(C)(C)C2)c(C#N)c1.Cl. The van der Waals surface area contributed by atoms with E-state index in [9.17, 15) is 10.1 Å². The molecule has 0 bridgehead atoms.